The number of nitrogens with zero attached hydrogens (tertiary/aromatic N) is 2. The summed E-state index contributed by atoms with van der Waals surface area (Å²) >= 11 is 2.07. The minimum Gasteiger partial charge on any atom is -0.370 e. The van der Waals surface area contributed by atoms with Crippen molar-refractivity contribution in [2.75, 3.05) is 36.5 Å². The Morgan fingerprint density at radius 1 is 1.33 bits per heavy atom. The first kappa shape index (κ1) is 13.7. The van der Waals surface area contributed by atoms with Crippen molar-refractivity contribution in [1.29, 1.82) is 0 Å². The van der Waals surface area contributed by atoms with Crippen molar-refractivity contribution in [2.24, 2.45) is 0 Å². The molecule has 0 spiro atoms. The fraction of sp³-hybridized carbons (Fsp3) is 0.643. The van der Waals surface area contributed by atoms with Gasteiger partial charge in [-0.15, -0.1) is 0 Å². The molecule has 100 valence electrons. The van der Waals surface area contributed by atoms with Gasteiger partial charge in [-0.05, 0) is 37.3 Å². The van der Waals surface area contributed by atoms with E-state index in [4.69, 9.17) is 0 Å². The van der Waals surface area contributed by atoms with Crippen LogP contribution in [0.5, 0.6) is 0 Å². The Balaban J connectivity index is 1.91. The molecular weight excluding hydrogens is 242 g/mol. The van der Waals surface area contributed by atoms with Crippen molar-refractivity contribution in [2.45, 2.75) is 26.3 Å². The molecule has 0 aromatic carbocycles. The highest BCUT2D eigenvalue weighted by atomic mass is 32.2. The lowest BCUT2D eigenvalue weighted by Gasteiger charge is -2.19. The van der Waals surface area contributed by atoms with Crippen LogP contribution in [0.2, 0.25) is 0 Å². The van der Waals surface area contributed by atoms with Crippen LogP contribution in [0.15, 0.2) is 18.2 Å². The van der Waals surface area contributed by atoms with Crippen LogP contribution in [0, 0.1) is 0 Å². The quantitative estimate of drug-likeness (QED) is 0.886. The van der Waals surface area contributed by atoms with Gasteiger partial charge in [0, 0.05) is 25.4 Å². The molecule has 1 aromatic heterocycles. The summed E-state index contributed by atoms with van der Waals surface area (Å²) in [7, 11) is 0. The summed E-state index contributed by atoms with van der Waals surface area (Å²) < 4.78 is 0. The molecule has 1 aliphatic rings. The van der Waals surface area contributed by atoms with E-state index in [1.807, 2.05) is 0 Å². The maximum Gasteiger partial charge on any atom is 0.126 e. The van der Waals surface area contributed by atoms with Crippen LogP contribution in [-0.2, 0) is 6.54 Å². The highest BCUT2D eigenvalue weighted by Crippen LogP contribution is 2.13. The molecule has 2 heterocycles. The van der Waals surface area contributed by atoms with Crippen LogP contribution in [0.1, 0.15) is 25.5 Å². The predicted octanol–water partition coefficient (Wildman–Crippen LogP) is 2.84. The third-order valence-corrected chi connectivity index (χ3v) is 4.11. The van der Waals surface area contributed by atoms with E-state index >= 15 is 0 Å². The highest BCUT2D eigenvalue weighted by Gasteiger charge is 2.10. The average molecular weight is 265 g/mol. The summed E-state index contributed by atoms with van der Waals surface area (Å²) in [5.41, 5.74) is 1.18. The first-order chi connectivity index (χ1) is 8.88. The van der Waals surface area contributed by atoms with E-state index in [9.17, 15) is 0 Å². The SMILES string of the molecule is CCCNc1cccc(CN2CCCSCC2)n1. The zero-order valence-corrected chi connectivity index (χ0v) is 12.0. The second-order valence-electron chi connectivity index (χ2n) is 4.68. The van der Waals surface area contributed by atoms with Crippen molar-refractivity contribution in [1.82, 2.24) is 9.88 Å². The standard InChI is InChI=1S/C14H23N3S/c1-2-7-15-14-6-3-5-13(16-14)12-17-8-4-10-18-11-9-17/h3,5-6H,2,4,7-12H2,1H3,(H,15,16). The molecule has 2 rings (SSSR count). The second-order valence-corrected chi connectivity index (χ2v) is 5.91. The Morgan fingerprint density at radius 2 is 2.28 bits per heavy atom. The summed E-state index contributed by atoms with van der Waals surface area (Å²) in [6.07, 6.45) is 2.44. The van der Waals surface area contributed by atoms with Crippen molar-refractivity contribution in [3.63, 3.8) is 0 Å². The average Bonchev–Trinajstić information content (AvgIpc) is 2.65. The third kappa shape index (κ3) is 4.50. The summed E-state index contributed by atoms with van der Waals surface area (Å²) in [5, 5.41) is 3.35. The summed E-state index contributed by atoms with van der Waals surface area (Å²) in [6.45, 7) is 6.56. The zero-order valence-electron chi connectivity index (χ0n) is 11.2. The number of hydrogen-bond acceptors (Lipinski definition) is 4. The van der Waals surface area contributed by atoms with Gasteiger partial charge in [-0.2, -0.15) is 11.8 Å². The molecule has 0 radical (unpaired) electrons. The largest absolute Gasteiger partial charge is 0.370 e. The lowest BCUT2D eigenvalue weighted by Crippen LogP contribution is -2.26. The molecule has 4 heteroatoms. The van der Waals surface area contributed by atoms with Gasteiger partial charge in [0.1, 0.15) is 5.82 Å². The molecule has 0 amide bonds. The van der Waals surface area contributed by atoms with Gasteiger partial charge in [0.05, 0.1) is 5.69 Å². The zero-order chi connectivity index (χ0) is 12.6. The van der Waals surface area contributed by atoms with Gasteiger partial charge in [-0.25, -0.2) is 4.98 Å². The Bertz CT molecular complexity index is 349. The lowest BCUT2D eigenvalue weighted by atomic mass is 10.3. The van der Waals surface area contributed by atoms with E-state index < -0.39 is 0 Å². The van der Waals surface area contributed by atoms with Gasteiger partial charge in [0.2, 0.25) is 0 Å². The normalized spacial score (nSPS) is 17.4. The van der Waals surface area contributed by atoms with Crippen LogP contribution in [0.3, 0.4) is 0 Å². The van der Waals surface area contributed by atoms with Crippen LogP contribution < -0.4 is 5.32 Å². The minimum absolute atomic E-state index is 0.988. The van der Waals surface area contributed by atoms with Gasteiger partial charge >= 0.3 is 0 Å². The first-order valence-corrected chi connectivity index (χ1v) is 8.04. The highest BCUT2D eigenvalue weighted by molar-refractivity contribution is 7.99. The van der Waals surface area contributed by atoms with Gasteiger partial charge in [0.25, 0.3) is 0 Å². The molecule has 1 fully saturated rings. The van der Waals surface area contributed by atoms with Crippen LogP contribution in [0.25, 0.3) is 0 Å². The van der Waals surface area contributed by atoms with Gasteiger partial charge < -0.3 is 5.32 Å². The van der Waals surface area contributed by atoms with Gasteiger partial charge in [-0.1, -0.05) is 13.0 Å². The molecule has 0 atom stereocenters. The van der Waals surface area contributed by atoms with Crippen LogP contribution in [-0.4, -0.2) is 41.0 Å². The molecule has 1 N–H and O–H groups in total. The van der Waals surface area contributed by atoms with E-state index in [0.29, 0.717) is 0 Å². The first-order valence-electron chi connectivity index (χ1n) is 6.88. The number of pyridine rings is 1. The molecule has 1 saturated heterocycles. The van der Waals surface area contributed by atoms with Crippen molar-refractivity contribution in [3.05, 3.63) is 23.9 Å². The number of nitrogens with one attached hydrogen (secondary N) is 1. The number of aromatic nitrogens is 1. The monoisotopic (exact) mass is 265 g/mol. The van der Waals surface area contributed by atoms with Gasteiger partial charge in [0.15, 0.2) is 0 Å². The Labute approximate surface area is 114 Å². The maximum absolute atomic E-state index is 4.68. The van der Waals surface area contributed by atoms with E-state index in [1.54, 1.807) is 0 Å². The molecule has 0 unspecified atom stereocenters. The summed E-state index contributed by atoms with van der Waals surface area (Å²) in [6, 6.07) is 6.29. The van der Waals surface area contributed by atoms with E-state index in [1.165, 1.54) is 36.7 Å². The molecular formula is C14H23N3S. The minimum atomic E-state index is 0.988. The Morgan fingerprint density at radius 3 is 3.17 bits per heavy atom. The lowest BCUT2D eigenvalue weighted by molar-refractivity contribution is 0.284. The Kier molecular flexibility index (Phi) is 5.81. The number of rotatable bonds is 5. The Hall–Kier alpha value is -0.740. The molecule has 18 heavy (non-hydrogen) atoms. The molecule has 1 aliphatic heterocycles. The predicted molar refractivity (Wildman–Crippen MR) is 80.2 cm³/mol. The van der Waals surface area contributed by atoms with Crippen LogP contribution in [0.4, 0.5) is 5.82 Å². The molecule has 0 saturated carbocycles. The fourth-order valence-corrected chi connectivity index (χ4v) is 3.03. The van der Waals surface area contributed by atoms with Crippen molar-refractivity contribution >= 4 is 17.6 Å². The van der Waals surface area contributed by atoms with Gasteiger partial charge in [-0.3, -0.25) is 4.90 Å². The maximum atomic E-state index is 4.68. The number of anilines is 1. The molecule has 1 aromatic rings. The van der Waals surface area contributed by atoms with E-state index in [-0.39, 0.29) is 0 Å². The topological polar surface area (TPSA) is 28.2 Å². The van der Waals surface area contributed by atoms with Crippen molar-refractivity contribution < 1.29 is 0 Å². The van der Waals surface area contributed by atoms with Crippen LogP contribution >= 0.6 is 11.8 Å². The fourth-order valence-electron chi connectivity index (χ4n) is 2.10. The molecule has 3 nitrogen and oxygen atoms in total. The van der Waals surface area contributed by atoms with E-state index in [2.05, 4.69) is 52.1 Å². The molecule has 0 aliphatic carbocycles. The second kappa shape index (κ2) is 7.64. The summed E-state index contributed by atoms with van der Waals surface area (Å²) in [4.78, 5) is 7.20. The van der Waals surface area contributed by atoms with E-state index in [0.717, 1.165) is 25.3 Å². The molecule has 0 bridgehead atoms. The van der Waals surface area contributed by atoms with Crippen molar-refractivity contribution in [3.8, 4) is 0 Å². The smallest absolute Gasteiger partial charge is 0.126 e. The third-order valence-electron chi connectivity index (χ3n) is 3.06. The summed E-state index contributed by atoms with van der Waals surface area (Å²) in [5.74, 6) is 3.58. The number of thioether (sulfide) groups is 1. The number of hydrogen-bond donors (Lipinski definition) is 1.